The third-order valence-electron chi connectivity index (χ3n) is 2.57. The van der Waals surface area contributed by atoms with Crippen molar-refractivity contribution in [1.29, 1.82) is 0 Å². The zero-order valence-electron chi connectivity index (χ0n) is 10.2. The molecule has 4 nitrogen and oxygen atoms in total. The fourth-order valence-electron chi connectivity index (χ4n) is 1.52. The van der Waals surface area contributed by atoms with Crippen LogP contribution in [0.5, 0.6) is 0 Å². The summed E-state index contributed by atoms with van der Waals surface area (Å²) in [6.07, 6.45) is 1.55. The Balaban J connectivity index is 2.43. The van der Waals surface area contributed by atoms with E-state index in [9.17, 15) is 8.42 Å². The highest BCUT2D eigenvalue weighted by molar-refractivity contribution is 7.91. The summed E-state index contributed by atoms with van der Waals surface area (Å²) in [5.41, 5.74) is 0.863. The Morgan fingerprint density at radius 2 is 1.67 bits per heavy atom. The van der Waals surface area contributed by atoms with Gasteiger partial charge in [-0.25, -0.2) is 13.4 Å². The fourth-order valence-corrected chi connectivity index (χ4v) is 2.71. The van der Waals surface area contributed by atoms with E-state index in [1.807, 2.05) is 19.0 Å². The average molecular weight is 262 g/mol. The molecule has 0 saturated carbocycles. The molecular formula is C13H14N2O2S. The van der Waals surface area contributed by atoms with Gasteiger partial charge in [0.1, 0.15) is 0 Å². The molecule has 0 radical (unpaired) electrons. The number of sulfone groups is 1. The van der Waals surface area contributed by atoms with Gasteiger partial charge in [-0.2, -0.15) is 0 Å². The Morgan fingerprint density at radius 1 is 1.00 bits per heavy atom. The highest BCUT2D eigenvalue weighted by atomic mass is 32.2. The van der Waals surface area contributed by atoms with Crippen LogP contribution in [-0.2, 0) is 9.84 Å². The molecular weight excluding hydrogens is 248 g/mol. The third kappa shape index (κ3) is 2.36. The van der Waals surface area contributed by atoms with E-state index in [-0.39, 0.29) is 9.92 Å². The van der Waals surface area contributed by atoms with Crippen LogP contribution in [0.25, 0.3) is 0 Å². The van der Waals surface area contributed by atoms with Gasteiger partial charge in [0.2, 0.25) is 9.84 Å². The number of pyridine rings is 1. The van der Waals surface area contributed by atoms with Crippen LogP contribution < -0.4 is 4.90 Å². The van der Waals surface area contributed by atoms with Crippen LogP contribution >= 0.6 is 0 Å². The SMILES string of the molecule is CN(C)c1ccc(S(=O)(=O)c2ccccc2)nc1. The summed E-state index contributed by atoms with van der Waals surface area (Å²) in [6.45, 7) is 0. The number of hydrogen-bond donors (Lipinski definition) is 0. The van der Waals surface area contributed by atoms with Gasteiger partial charge in [-0.1, -0.05) is 18.2 Å². The molecule has 1 aromatic carbocycles. The number of hydrogen-bond acceptors (Lipinski definition) is 4. The number of benzene rings is 1. The minimum atomic E-state index is -3.51. The largest absolute Gasteiger partial charge is 0.376 e. The molecule has 0 saturated heterocycles. The summed E-state index contributed by atoms with van der Waals surface area (Å²) in [4.78, 5) is 6.14. The molecule has 0 fully saturated rings. The molecule has 2 rings (SSSR count). The maximum atomic E-state index is 12.2. The molecule has 0 bridgehead atoms. The molecule has 18 heavy (non-hydrogen) atoms. The lowest BCUT2D eigenvalue weighted by Gasteiger charge is -2.12. The average Bonchev–Trinajstić information content (AvgIpc) is 2.40. The zero-order chi connectivity index (χ0) is 13.2. The molecule has 0 atom stereocenters. The van der Waals surface area contributed by atoms with Crippen molar-refractivity contribution in [2.45, 2.75) is 9.92 Å². The van der Waals surface area contributed by atoms with Crippen molar-refractivity contribution in [3.8, 4) is 0 Å². The van der Waals surface area contributed by atoms with Gasteiger partial charge >= 0.3 is 0 Å². The van der Waals surface area contributed by atoms with Crippen molar-refractivity contribution < 1.29 is 8.42 Å². The Labute approximate surface area is 107 Å². The molecule has 0 amide bonds. The van der Waals surface area contributed by atoms with Gasteiger partial charge in [-0.15, -0.1) is 0 Å². The Bertz CT molecular complexity index is 620. The van der Waals surface area contributed by atoms with Crippen LogP contribution in [0.1, 0.15) is 0 Å². The summed E-state index contributed by atoms with van der Waals surface area (Å²) in [5, 5.41) is 0.0688. The van der Waals surface area contributed by atoms with Gasteiger partial charge < -0.3 is 4.90 Å². The van der Waals surface area contributed by atoms with E-state index < -0.39 is 9.84 Å². The molecule has 0 unspecified atom stereocenters. The lowest BCUT2D eigenvalue weighted by atomic mass is 10.4. The van der Waals surface area contributed by atoms with Crippen molar-refractivity contribution in [2.24, 2.45) is 0 Å². The van der Waals surface area contributed by atoms with Crippen molar-refractivity contribution in [1.82, 2.24) is 4.98 Å². The van der Waals surface area contributed by atoms with Gasteiger partial charge in [-0.3, -0.25) is 0 Å². The molecule has 5 heteroatoms. The van der Waals surface area contributed by atoms with Crippen LogP contribution in [0.4, 0.5) is 5.69 Å². The topological polar surface area (TPSA) is 50.3 Å². The van der Waals surface area contributed by atoms with E-state index in [2.05, 4.69) is 4.98 Å². The van der Waals surface area contributed by atoms with E-state index in [4.69, 9.17) is 0 Å². The summed E-state index contributed by atoms with van der Waals surface area (Å²) in [5.74, 6) is 0. The first-order valence-corrected chi connectivity index (χ1v) is 6.93. The fraction of sp³-hybridized carbons (Fsp3) is 0.154. The van der Waals surface area contributed by atoms with Crippen molar-refractivity contribution in [3.63, 3.8) is 0 Å². The molecule has 0 spiro atoms. The van der Waals surface area contributed by atoms with Gasteiger partial charge in [0, 0.05) is 14.1 Å². The number of aromatic nitrogens is 1. The van der Waals surface area contributed by atoms with Gasteiger partial charge in [0.15, 0.2) is 5.03 Å². The number of anilines is 1. The third-order valence-corrected chi connectivity index (χ3v) is 4.25. The molecule has 1 aromatic heterocycles. The van der Waals surface area contributed by atoms with Crippen molar-refractivity contribution in [2.75, 3.05) is 19.0 Å². The predicted molar refractivity (Wildman–Crippen MR) is 70.5 cm³/mol. The van der Waals surface area contributed by atoms with Gasteiger partial charge in [0.25, 0.3) is 0 Å². The second-order valence-corrected chi connectivity index (χ2v) is 5.96. The first-order chi connectivity index (χ1) is 8.51. The maximum Gasteiger partial charge on any atom is 0.223 e. The molecule has 94 valence electrons. The molecule has 0 N–H and O–H groups in total. The summed E-state index contributed by atoms with van der Waals surface area (Å²) in [7, 11) is 0.244. The first kappa shape index (κ1) is 12.6. The molecule has 0 aliphatic carbocycles. The van der Waals surface area contributed by atoms with Crippen LogP contribution in [-0.4, -0.2) is 27.5 Å². The van der Waals surface area contributed by atoms with E-state index in [0.29, 0.717) is 0 Å². The summed E-state index contributed by atoms with van der Waals surface area (Å²) >= 11 is 0. The minimum Gasteiger partial charge on any atom is -0.376 e. The smallest absolute Gasteiger partial charge is 0.223 e. The lowest BCUT2D eigenvalue weighted by molar-refractivity contribution is 0.592. The minimum absolute atomic E-state index is 0.0688. The highest BCUT2D eigenvalue weighted by Gasteiger charge is 2.18. The number of rotatable bonds is 3. The number of nitrogens with zero attached hydrogens (tertiary/aromatic N) is 2. The van der Waals surface area contributed by atoms with Gasteiger partial charge in [-0.05, 0) is 24.3 Å². The quantitative estimate of drug-likeness (QED) is 0.848. The van der Waals surface area contributed by atoms with Crippen LogP contribution in [0, 0.1) is 0 Å². The summed E-state index contributed by atoms with van der Waals surface area (Å²) < 4.78 is 24.5. The highest BCUT2D eigenvalue weighted by Crippen LogP contribution is 2.20. The Hall–Kier alpha value is -1.88. The molecule has 0 aliphatic rings. The standard InChI is InChI=1S/C13H14N2O2S/c1-15(2)11-8-9-13(14-10-11)18(16,17)12-6-4-3-5-7-12/h3-10H,1-2H3. The second-order valence-electron chi connectivity index (χ2n) is 4.07. The monoisotopic (exact) mass is 262 g/mol. The molecule has 2 aromatic rings. The van der Waals surface area contributed by atoms with Crippen LogP contribution in [0.3, 0.4) is 0 Å². The summed E-state index contributed by atoms with van der Waals surface area (Å²) in [6, 6.07) is 11.6. The predicted octanol–water partition coefficient (Wildman–Crippen LogP) is 1.98. The Kier molecular flexibility index (Phi) is 3.34. The molecule has 0 aliphatic heterocycles. The normalized spacial score (nSPS) is 11.2. The van der Waals surface area contributed by atoms with E-state index in [0.717, 1.165) is 5.69 Å². The second kappa shape index (κ2) is 4.78. The van der Waals surface area contributed by atoms with E-state index >= 15 is 0 Å². The van der Waals surface area contributed by atoms with Gasteiger partial charge in [0.05, 0.1) is 16.8 Å². The van der Waals surface area contributed by atoms with E-state index in [1.54, 1.807) is 42.6 Å². The van der Waals surface area contributed by atoms with Crippen molar-refractivity contribution >= 4 is 15.5 Å². The zero-order valence-corrected chi connectivity index (χ0v) is 11.1. The van der Waals surface area contributed by atoms with Crippen molar-refractivity contribution in [3.05, 3.63) is 48.7 Å². The molecule has 1 heterocycles. The van der Waals surface area contributed by atoms with Crippen LogP contribution in [0.15, 0.2) is 58.6 Å². The maximum absolute atomic E-state index is 12.2. The lowest BCUT2D eigenvalue weighted by Crippen LogP contribution is -2.10. The first-order valence-electron chi connectivity index (χ1n) is 5.45. The van der Waals surface area contributed by atoms with Crippen LogP contribution in [0.2, 0.25) is 0 Å². The Morgan fingerprint density at radius 3 is 2.17 bits per heavy atom. The van der Waals surface area contributed by atoms with E-state index in [1.165, 1.54) is 6.07 Å².